The average Bonchev–Trinajstić information content (AvgIpc) is 3.69. The number of fused-ring (bicyclic) bond motifs is 1. The van der Waals surface area contributed by atoms with Crippen LogP contribution in [0.15, 0.2) is 108 Å². The van der Waals surface area contributed by atoms with Crippen LogP contribution in [-0.4, -0.2) is 25.5 Å². The van der Waals surface area contributed by atoms with Crippen LogP contribution in [0.25, 0.3) is 27.9 Å². The van der Waals surface area contributed by atoms with Gasteiger partial charge in [-0.15, -0.1) is 0 Å². The van der Waals surface area contributed by atoms with Gasteiger partial charge in [0.1, 0.15) is 17.4 Å². The van der Waals surface area contributed by atoms with Crippen molar-refractivity contribution < 1.29 is 9.21 Å². The van der Waals surface area contributed by atoms with Crippen molar-refractivity contribution in [1.29, 1.82) is 0 Å². The number of aromatic nitrogens is 4. The summed E-state index contributed by atoms with van der Waals surface area (Å²) in [5.41, 5.74) is 4.52. The SMILES string of the molecule is Cn1c(-c2ccc(-n3cccc3)cc2)cnc1[C@H](Cc1ccccn1)N(C=O)c1cc2cc(Cl)ccc2o1. The number of halogens is 1. The molecule has 6 aromatic rings. The Morgan fingerprint density at radius 3 is 2.55 bits per heavy atom. The van der Waals surface area contributed by atoms with E-state index in [1.165, 1.54) is 0 Å². The van der Waals surface area contributed by atoms with Crippen LogP contribution in [-0.2, 0) is 18.3 Å². The van der Waals surface area contributed by atoms with Gasteiger partial charge >= 0.3 is 0 Å². The second-order valence-electron chi connectivity index (χ2n) is 9.02. The van der Waals surface area contributed by atoms with Gasteiger partial charge in [0.15, 0.2) is 0 Å². The first-order chi connectivity index (χ1) is 18.6. The Balaban J connectivity index is 1.40. The third kappa shape index (κ3) is 4.48. The van der Waals surface area contributed by atoms with Crippen molar-refractivity contribution in [3.8, 4) is 16.9 Å². The molecule has 1 atom stereocenters. The summed E-state index contributed by atoms with van der Waals surface area (Å²) in [5.74, 6) is 1.13. The maximum absolute atomic E-state index is 12.6. The van der Waals surface area contributed by atoms with Crippen molar-refractivity contribution >= 4 is 34.9 Å². The summed E-state index contributed by atoms with van der Waals surface area (Å²) in [4.78, 5) is 23.4. The number of carbonyl (C=O) groups is 1. The summed E-state index contributed by atoms with van der Waals surface area (Å²) in [6, 6.07) is 24.8. The fourth-order valence-electron chi connectivity index (χ4n) is 4.75. The van der Waals surface area contributed by atoms with E-state index in [2.05, 4.69) is 33.8 Å². The number of pyridine rings is 1. The summed E-state index contributed by atoms with van der Waals surface area (Å²) in [5, 5.41) is 1.42. The lowest BCUT2D eigenvalue weighted by Crippen LogP contribution is -2.31. The van der Waals surface area contributed by atoms with E-state index < -0.39 is 6.04 Å². The molecule has 0 aliphatic heterocycles. The van der Waals surface area contributed by atoms with E-state index in [0.29, 0.717) is 28.7 Å². The molecule has 0 saturated carbocycles. The topological polar surface area (TPSA) is 69.1 Å². The summed E-state index contributed by atoms with van der Waals surface area (Å²) < 4.78 is 10.2. The largest absolute Gasteiger partial charge is 0.440 e. The van der Waals surface area contributed by atoms with Crippen LogP contribution in [0, 0.1) is 0 Å². The minimum atomic E-state index is -0.462. The first-order valence-electron chi connectivity index (χ1n) is 12.2. The van der Waals surface area contributed by atoms with Gasteiger partial charge in [0.05, 0.1) is 11.9 Å². The smallest absolute Gasteiger partial charge is 0.217 e. The summed E-state index contributed by atoms with van der Waals surface area (Å²) >= 11 is 6.18. The summed E-state index contributed by atoms with van der Waals surface area (Å²) in [7, 11) is 1.96. The lowest BCUT2D eigenvalue weighted by molar-refractivity contribution is -0.108. The number of imidazole rings is 1. The molecule has 0 aliphatic rings. The molecule has 0 saturated heterocycles. The molecule has 7 nitrogen and oxygen atoms in total. The number of benzene rings is 2. The highest BCUT2D eigenvalue weighted by Crippen LogP contribution is 2.35. The average molecular weight is 522 g/mol. The number of rotatable bonds is 8. The van der Waals surface area contributed by atoms with E-state index in [1.54, 1.807) is 23.2 Å². The molecule has 8 heteroatoms. The Bertz CT molecular complexity index is 1690. The molecule has 0 aliphatic carbocycles. The molecule has 4 heterocycles. The molecular weight excluding hydrogens is 498 g/mol. The number of hydrogen-bond donors (Lipinski definition) is 0. The fraction of sp³-hybridized carbons (Fsp3) is 0.100. The highest BCUT2D eigenvalue weighted by Gasteiger charge is 2.29. The minimum absolute atomic E-state index is 0.416. The van der Waals surface area contributed by atoms with Crippen LogP contribution in [0.3, 0.4) is 0 Å². The summed E-state index contributed by atoms with van der Waals surface area (Å²) in [6.45, 7) is 0. The van der Waals surface area contributed by atoms with Gasteiger partial charge in [-0.2, -0.15) is 0 Å². The second kappa shape index (κ2) is 10.0. The van der Waals surface area contributed by atoms with E-state index >= 15 is 0 Å². The standard InChI is InChI=1S/C30H24ClN5O2/c1-34-27(21-7-10-25(11-8-21)35-14-4-5-15-35)19-33-30(34)26(18-24-6-2-3-13-32-24)36(20-37)29-17-22-16-23(31)9-12-28(22)38-29/h2-17,19-20,26H,18H2,1H3/t26-/m0/s1. The highest BCUT2D eigenvalue weighted by atomic mass is 35.5. The summed E-state index contributed by atoms with van der Waals surface area (Å²) in [6.07, 6.45) is 8.85. The molecule has 0 N–H and O–H groups in total. The van der Waals surface area contributed by atoms with Gasteiger partial charge in [0, 0.05) is 59.9 Å². The first-order valence-corrected chi connectivity index (χ1v) is 12.6. The van der Waals surface area contributed by atoms with Gasteiger partial charge in [-0.1, -0.05) is 29.8 Å². The molecular formula is C30H24ClN5O2. The van der Waals surface area contributed by atoms with Crippen molar-refractivity contribution in [2.75, 3.05) is 4.90 Å². The number of nitrogens with zero attached hydrogens (tertiary/aromatic N) is 5. The van der Waals surface area contributed by atoms with Crippen molar-refractivity contribution in [2.24, 2.45) is 7.05 Å². The van der Waals surface area contributed by atoms with E-state index in [4.69, 9.17) is 21.0 Å². The van der Waals surface area contributed by atoms with Crippen LogP contribution >= 0.6 is 11.6 Å². The van der Waals surface area contributed by atoms with E-state index in [0.717, 1.165) is 34.4 Å². The van der Waals surface area contributed by atoms with Gasteiger partial charge < -0.3 is 13.6 Å². The lowest BCUT2D eigenvalue weighted by Gasteiger charge is -2.26. The van der Waals surface area contributed by atoms with E-state index in [1.807, 2.05) is 72.7 Å². The predicted octanol–water partition coefficient (Wildman–Crippen LogP) is 6.62. The quantitative estimate of drug-likeness (QED) is 0.211. The molecule has 188 valence electrons. The van der Waals surface area contributed by atoms with Crippen LogP contribution in [0.1, 0.15) is 17.6 Å². The van der Waals surface area contributed by atoms with Crippen molar-refractivity contribution in [1.82, 2.24) is 19.1 Å². The molecule has 0 bridgehead atoms. The third-order valence-electron chi connectivity index (χ3n) is 6.69. The number of anilines is 1. The van der Waals surface area contributed by atoms with Crippen LogP contribution in [0.4, 0.5) is 5.88 Å². The second-order valence-corrected chi connectivity index (χ2v) is 9.45. The van der Waals surface area contributed by atoms with Crippen LogP contribution < -0.4 is 4.90 Å². The molecule has 2 aromatic carbocycles. The van der Waals surface area contributed by atoms with E-state index in [9.17, 15) is 4.79 Å². The van der Waals surface area contributed by atoms with Crippen molar-refractivity contribution in [3.05, 3.63) is 120 Å². The van der Waals surface area contributed by atoms with E-state index in [-0.39, 0.29) is 0 Å². The predicted molar refractivity (Wildman–Crippen MR) is 148 cm³/mol. The van der Waals surface area contributed by atoms with Crippen LogP contribution in [0.5, 0.6) is 0 Å². The molecule has 6 rings (SSSR count). The Morgan fingerprint density at radius 1 is 1.00 bits per heavy atom. The normalized spacial score (nSPS) is 12.1. The van der Waals surface area contributed by atoms with Gasteiger partial charge in [-0.3, -0.25) is 14.7 Å². The zero-order chi connectivity index (χ0) is 26.1. The van der Waals surface area contributed by atoms with Gasteiger partial charge in [0.2, 0.25) is 12.3 Å². The number of hydrogen-bond acceptors (Lipinski definition) is 4. The fourth-order valence-corrected chi connectivity index (χ4v) is 4.93. The molecule has 0 spiro atoms. The molecule has 0 radical (unpaired) electrons. The van der Waals surface area contributed by atoms with Crippen molar-refractivity contribution in [2.45, 2.75) is 12.5 Å². The molecule has 4 aromatic heterocycles. The Morgan fingerprint density at radius 2 is 1.82 bits per heavy atom. The Hall–Kier alpha value is -4.62. The zero-order valence-electron chi connectivity index (χ0n) is 20.6. The molecule has 1 amide bonds. The monoisotopic (exact) mass is 521 g/mol. The number of furan rings is 1. The van der Waals surface area contributed by atoms with Gasteiger partial charge in [0.25, 0.3) is 0 Å². The Kier molecular flexibility index (Phi) is 6.27. The van der Waals surface area contributed by atoms with Crippen LogP contribution in [0.2, 0.25) is 5.02 Å². The molecule has 38 heavy (non-hydrogen) atoms. The zero-order valence-corrected chi connectivity index (χ0v) is 21.4. The minimum Gasteiger partial charge on any atom is -0.440 e. The maximum atomic E-state index is 12.6. The van der Waals surface area contributed by atoms with Crippen molar-refractivity contribution in [3.63, 3.8) is 0 Å². The number of carbonyl (C=O) groups excluding carboxylic acids is 1. The van der Waals surface area contributed by atoms with Gasteiger partial charge in [-0.05, 0) is 60.2 Å². The highest BCUT2D eigenvalue weighted by molar-refractivity contribution is 6.31. The van der Waals surface area contributed by atoms with Gasteiger partial charge in [-0.25, -0.2) is 4.98 Å². The third-order valence-corrected chi connectivity index (χ3v) is 6.92. The maximum Gasteiger partial charge on any atom is 0.217 e. The lowest BCUT2D eigenvalue weighted by atomic mass is 10.1. The Labute approximate surface area is 224 Å². The molecule has 0 unspecified atom stereocenters. The molecule has 0 fully saturated rings. The first kappa shape index (κ1) is 23.8. The number of amides is 1.